The number of hydrogen-bond donors (Lipinski definition) is 2. The highest BCUT2D eigenvalue weighted by Crippen LogP contribution is 2.16. The van der Waals surface area contributed by atoms with Crippen LogP contribution in [-0.2, 0) is 14.6 Å². The molecule has 24 heavy (non-hydrogen) atoms. The SMILES string of the molecule is Cc1ccc(-n2nc(NC(=O)C(N)CCS(C)(=O)=O)cc2C)cc1. The average molecular weight is 350 g/mol. The number of aromatic nitrogens is 2. The Kier molecular flexibility index (Phi) is 5.40. The van der Waals surface area contributed by atoms with Crippen molar-refractivity contribution >= 4 is 21.6 Å². The standard InChI is InChI=1S/C16H22N4O3S/c1-11-4-6-13(7-5-11)20-12(2)10-15(19-20)18-16(21)14(17)8-9-24(3,22)23/h4-7,10,14H,8-9,17H2,1-3H3,(H,18,19,21). The van der Waals surface area contributed by atoms with Gasteiger partial charge in [0, 0.05) is 18.0 Å². The zero-order chi connectivity index (χ0) is 17.9. The number of carbonyl (C=O) groups excluding carboxylic acids is 1. The van der Waals surface area contributed by atoms with Gasteiger partial charge < -0.3 is 11.1 Å². The number of hydrogen-bond acceptors (Lipinski definition) is 5. The topological polar surface area (TPSA) is 107 Å². The van der Waals surface area contributed by atoms with Crippen molar-refractivity contribution in [3.05, 3.63) is 41.6 Å². The number of sulfone groups is 1. The largest absolute Gasteiger partial charge is 0.320 e. The van der Waals surface area contributed by atoms with Gasteiger partial charge in [-0.05, 0) is 32.4 Å². The highest BCUT2D eigenvalue weighted by atomic mass is 32.2. The Hall–Kier alpha value is -2.19. The second kappa shape index (κ2) is 7.14. The quantitative estimate of drug-likeness (QED) is 0.814. The molecule has 0 aliphatic carbocycles. The minimum atomic E-state index is -3.15. The van der Waals surface area contributed by atoms with Gasteiger partial charge in [-0.25, -0.2) is 13.1 Å². The minimum Gasteiger partial charge on any atom is -0.320 e. The van der Waals surface area contributed by atoms with Crippen molar-refractivity contribution in [2.24, 2.45) is 5.73 Å². The van der Waals surface area contributed by atoms with E-state index in [-0.39, 0.29) is 12.2 Å². The lowest BCUT2D eigenvalue weighted by atomic mass is 10.2. The molecule has 0 saturated carbocycles. The van der Waals surface area contributed by atoms with Crippen molar-refractivity contribution < 1.29 is 13.2 Å². The maximum atomic E-state index is 12.1. The second-order valence-corrected chi connectivity index (χ2v) is 8.19. The van der Waals surface area contributed by atoms with E-state index < -0.39 is 21.8 Å². The van der Waals surface area contributed by atoms with Gasteiger partial charge in [0.05, 0.1) is 17.5 Å². The molecule has 1 aromatic carbocycles. The Morgan fingerprint density at radius 1 is 1.29 bits per heavy atom. The molecule has 0 bridgehead atoms. The summed E-state index contributed by atoms with van der Waals surface area (Å²) in [7, 11) is -3.15. The lowest BCUT2D eigenvalue weighted by molar-refractivity contribution is -0.117. The lowest BCUT2D eigenvalue weighted by Crippen LogP contribution is -2.37. The van der Waals surface area contributed by atoms with Crippen molar-refractivity contribution in [1.29, 1.82) is 0 Å². The summed E-state index contributed by atoms with van der Waals surface area (Å²) in [5, 5.41) is 6.98. The van der Waals surface area contributed by atoms with Crippen molar-refractivity contribution in [2.45, 2.75) is 26.3 Å². The van der Waals surface area contributed by atoms with Crippen LogP contribution in [0.15, 0.2) is 30.3 Å². The third-order valence-corrected chi connectivity index (χ3v) is 4.53. The molecule has 1 aromatic heterocycles. The smallest absolute Gasteiger partial charge is 0.242 e. The molecule has 1 heterocycles. The molecule has 7 nitrogen and oxygen atoms in total. The fraction of sp³-hybridized carbons (Fsp3) is 0.375. The maximum absolute atomic E-state index is 12.1. The number of nitrogens with zero attached hydrogens (tertiary/aromatic N) is 2. The third-order valence-electron chi connectivity index (χ3n) is 3.55. The van der Waals surface area contributed by atoms with E-state index in [1.807, 2.05) is 38.1 Å². The van der Waals surface area contributed by atoms with E-state index >= 15 is 0 Å². The first kappa shape index (κ1) is 18.2. The summed E-state index contributed by atoms with van der Waals surface area (Å²) in [6, 6.07) is 8.69. The zero-order valence-electron chi connectivity index (χ0n) is 14.0. The van der Waals surface area contributed by atoms with Crippen LogP contribution < -0.4 is 11.1 Å². The molecule has 1 unspecified atom stereocenters. The molecule has 0 saturated heterocycles. The van der Waals surface area contributed by atoms with Gasteiger partial charge in [0.25, 0.3) is 0 Å². The zero-order valence-corrected chi connectivity index (χ0v) is 14.8. The van der Waals surface area contributed by atoms with E-state index in [2.05, 4.69) is 10.4 Å². The highest BCUT2D eigenvalue weighted by molar-refractivity contribution is 7.90. The monoisotopic (exact) mass is 350 g/mol. The molecule has 0 aliphatic heterocycles. The Morgan fingerprint density at radius 2 is 1.92 bits per heavy atom. The van der Waals surface area contributed by atoms with Crippen LogP contribution >= 0.6 is 0 Å². The van der Waals surface area contributed by atoms with E-state index in [4.69, 9.17) is 5.73 Å². The van der Waals surface area contributed by atoms with Gasteiger partial charge in [0.2, 0.25) is 5.91 Å². The molecule has 2 rings (SSSR count). The predicted octanol–water partition coefficient (Wildman–Crippen LogP) is 1.19. The van der Waals surface area contributed by atoms with E-state index in [0.29, 0.717) is 5.82 Å². The fourth-order valence-corrected chi connectivity index (χ4v) is 2.86. The number of aryl methyl sites for hydroxylation is 2. The summed E-state index contributed by atoms with van der Waals surface area (Å²) in [6.07, 6.45) is 1.19. The molecule has 0 aliphatic rings. The number of carbonyl (C=O) groups is 1. The first-order chi connectivity index (χ1) is 11.2. The number of amides is 1. The number of rotatable bonds is 6. The molecular formula is C16H22N4O3S. The molecule has 2 aromatic rings. The Bertz CT molecular complexity index is 826. The number of benzene rings is 1. The van der Waals surface area contributed by atoms with Crippen LogP contribution in [0, 0.1) is 13.8 Å². The Morgan fingerprint density at radius 3 is 2.50 bits per heavy atom. The second-order valence-electron chi connectivity index (χ2n) is 5.93. The van der Waals surface area contributed by atoms with E-state index in [0.717, 1.165) is 23.2 Å². The van der Waals surface area contributed by atoms with E-state index in [1.54, 1.807) is 10.7 Å². The van der Waals surface area contributed by atoms with Gasteiger partial charge in [-0.2, -0.15) is 0 Å². The van der Waals surface area contributed by atoms with Gasteiger partial charge in [-0.1, -0.05) is 17.7 Å². The van der Waals surface area contributed by atoms with Crippen LogP contribution in [0.1, 0.15) is 17.7 Å². The van der Waals surface area contributed by atoms with Crippen molar-refractivity contribution in [2.75, 3.05) is 17.3 Å². The molecule has 0 spiro atoms. The summed E-state index contributed by atoms with van der Waals surface area (Å²) < 4.78 is 24.0. The first-order valence-corrected chi connectivity index (χ1v) is 9.59. The van der Waals surface area contributed by atoms with Crippen molar-refractivity contribution in [1.82, 2.24) is 9.78 Å². The fourth-order valence-electron chi connectivity index (χ4n) is 2.17. The molecule has 8 heteroatoms. The maximum Gasteiger partial charge on any atom is 0.242 e. The molecule has 0 radical (unpaired) electrons. The van der Waals surface area contributed by atoms with Crippen LogP contribution in [0.3, 0.4) is 0 Å². The van der Waals surface area contributed by atoms with Gasteiger partial charge in [0.15, 0.2) is 5.82 Å². The van der Waals surface area contributed by atoms with E-state index in [1.165, 1.54) is 0 Å². The summed E-state index contributed by atoms with van der Waals surface area (Å²) in [5.74, 6) is -0.196. The van der Waals surface area contributed by atoms with Crippen molar-refractivity contribution in [3.8, 4) is 5.69 Å². The molecule has 130 valence electrons. The summed E-state index contributed by atoms with van der Waals surface area (Å²) in [5.41, 5.74) is 8.63. The molecule has 3 N–H and O–H groups in total. The Labute approximate surface area is 141 Å². The van der Waals surface area contributed by atoms with Crippen LogP contribution in [0.5, 0.6) is 0 Å². The average Bonchev–Trinajstić information content (AvgIpc) is 2.85. The van der Waals surface area contributed by atoms with Crippen LogP contribution in [0.4, 0.5) is 5.82 Å². The number of anilines is 1. The Balaban J connectivity index is 2.07. The normalized spacial score (nSPS) is 12.8. The van der Waals surface area contributed by atoms with Gasteiger partial charge in [0.1, 0.15) is 9.84 Å². The molecular weight excluding hydrogens is 328 g/mol. The number of nitrogens with one attached hydrogen (secondary N) is 1. The van der Waals surface area contributed by atoms with Crippen LogP contribution in [-0.4, -0.2) is 42.2 Å². The molecule has 1 atom stereocenters. The highest BCUT2D eigenvalue weighted by Gasteiger charge is 2.17. The van der Waals surface area contributed by atoms with Crippen molar-refractivity contribution in [3.63, 3.8) is 0 Å². The summed E-state index contributed by atoms with van der Waals surface area (Å²) >= 11 is 0. The third kappa shape index (κ3) is 4.90. The molecule has 1 amide bonds. The van der Waals surface area contributed by atoms with E-state index in [9.17, 15) is 13.2 Å². The first-order valence-electron chi connectivity index (χ1n) is 7.53. The summed E-state index contributed by atoms with van der Waals surface area (Å²) in [4.78, 5) is 12.1. The summed E-state index contributed by atoms with van der Waals surface area (Å²) in [6.45, 7) is 3.88. The minimum absolute atomic E-state index is 0.0717. The number of nitrogens with two attached hydrogens (primary N) is 1. The van der Waals surface area contributed by atoms with Gasteiger partial charge in [-0.15, -0.1) is 5.10 Å². The van der Waals surface area contributed by atoms with Crippen LogP contribution in [0.2, 0.25) is 0 Å². The van der Waals surface area contributed by atoms with Crippen LogP contribution in [0.25, 0.3) is 5.69 Å². The van der Waals surface area contributed by atoms with Gasteiger partial charge in [-0.3, -0.25) is 4.79 Å². The molecule has 0 fully saturated rings. The predicted molar refractivity (Wildman–Crippen MR) is 94.0 cm³/mol. The van der Waals surface area contributed by atoms with Gasteiger partial charge >= 0.3 is 0 Å². The lowest BCUT2D eigenvalue weighted by Gasteiger charge is -2.10.